The maximum Gasteiger partial charge on any atom is 0.0989 e. The minimum atomic E-state index is -0.943. The van der Waals surface area contributed by atoms with Crippen molar-refractivity contribution < 1.29 is 4.21 Å². The quantitative estimate of drug-likeness (QED) is 0.827. The van der Waals surface area contributed by atoms with Crippen molar-refractivity contribution in [3.63, 3.8) is 0 Å². The van der Waals surface area contributed by atoms with Crippen LogP contribution in [0.4, 0.5) is 0 Å². The monoisotopic (exact) mass is 259 g/mol. The second-order valence-electron chi connectivity index (χ2n) is 4.31. The first-order valence-electron chi connectivity index (χ1n) is 5.96. The maximum absolute atomic E-state index is 12.2. The molecule has 92 valence electrons. The zero-order valence-corrected chi connectivity index (χ0v) is 10.9. The molecular formula is C13H13N3OS. The molecular weight excluding hydrogens is 246 g/mol. The number of pyridine rings is 1. The standard InChI is InChI=1S/C13H13N3OS/c1-2-10-6-11-12(18(10)17)8-15-16-13(11)9-4-3-5-14-7-9/h3-5,7-8,10H,2,6H2,1H3. The molecule has 0 N–H and O–H groups in total. The van der Waals surface area contributed by atoms with E-state index < -0.39 is 10.8 Å². The summed E-state index contributed by atoms with van der Waals surface area (Å²) < 4.78 is 12.2. The highest BCUT2D eigenvalue weighted by Crippen LogP contribution is 2.34. The molecule has 4 nitrogen and oxygen atoms in total. The molecule has 0 spiro atoms. The van der Waals surface area contributed by atoms with Gasteiger partial charge < -0.3 is 0 Å². The number of rotatable bonds is 2. The van der Waals surface area contributed by atoms with Crippen LogP contribution in [0, 0.1) is 0 Å². The van der Waals surface area contributed by atoms with Gasteiger partial charge in [0.15, 0.2) is 0 Å². The molecule has 0 aromatic carbocycles. The molecule has 0 saturated carbocycles. The van der Waals surface area contributed by atoms with Gasteiger partial charge in [0.25, 0.3) is 0 Å². The van der Waals surface area contributed by atoms with E-state index in [-0.39, 0.29) is 5.25 Å². The van der Waals surface area contributed by atoms with Crippen molar-refractivity contribution in [1.82, 2.24) is 15.2 Å². The predicted octanol–water partition coefficient (Wildman–Crippen LogP) is 1.98. The topological polar surface area (TPSA) is 55.7 Å². The second-order valence-corrected chi connectivity index (χ2v) is 6.01. The van der Waals surface area contributed by atoms with Crippen molar-refractivity contribution in [3.8, 4) is 11.3 Å². The van der Waals surface area contributed by atoms with Crippen LogP contribution < -0.4 is 0 Å². The summed E-state index contributed by atoms with van der Waals surface area (Å²) in [6.07, 6.45) is 6.87. The lowest BCUT2D eigenvalue weighted by Crippen LogP contribution is -2.08. The van der Waals surface area contributed by atoms with Gasteiger partial charge in [0.2, 0.25) is 0 Å². The Morgan fingerprint density at radius 2 is 2.33 bits per heavy atom. The lowest BCUT2D eigenvalue weighted by atomic mass is 10.0. The third-order valence-corrected chi connectivity index (χ3v) is 5.15. The molecule has 2 unspecified atom stereocenters. The van der Waals surface area contributed by atoms with Gasteiger partial charge in [-0.05, 0) is 30.5 Å². The van der Waals surface area contributed by atoms with Gasteiger partial charge in [-0.15, -0.1) is 0 Å². The van der Waals surface area contributed by atoms with E-state index in [0.29, 0.717) is 0 Å². The van der Waals surface area contributed by atoms with E-state index in [0.717, 1.165) is 34.6 Å². The molecule has 1 aliphatic heterocycles. The molecule has 2 aromatic rings. The predicted molar refractivity (Wildman–Crippen MR) is 69.5 cm³/mol. The minimum absolute atomic E-state index is 0.196. The maximum atomic E-state index is 12.2. The Kier molecular flexibility index (Phi) is 2.91. The van der Waals surface area contributed by atoms with Crippen LogP contribution in [0.15, 0.2) is 35.6 Å². The summed E-state index contributed by atoms with van der Waals surface area (Å²) >= 11 is 0. The Hall–Kier alpha value is -1.62. The Bertz CT molecular complexity index is 600. The van der Waals surface area contributed by atoms with Gasteiger partial charge in [-0.2, -0.15) is 10.2 Å². The van der Waals surface area contributed by atoms with Crippen LogP contribution in [-0.4, -0.2) is 24.6 Å². The molecule has 0 radical (unpaired) electrons. The van der Waals surface area contributed by atoms with Crippen molar-refractivity contribution >= 4 is 10.8 Å². The lowest BCUT2D eigenvalue weighted by Gasteiger charge is -2.04. The summed E-state index contributed by atoms with van der Waals surface area (Å²) in [5, 5.41) is 8.38. The first-order chi connectivity index (χ1) is 8.81. The zero-order valence-electron chi connectivity index (χ0n) is 10.0. The van der Waals surface area contributed by atoms with E-state index in [2.05, 4.69) is 22.1 Å². The summed E-state index contributed by atoms with van der Waals surface area (Å²) in [5.41, 5.74) is 2.84. The fourth-order valence-electron chi connectivity index (χ4n) is 2.28. The number of hydrogen-bond acceptors (Lipinski definition) is 4. The molecule has 0 bridgehead atoms. The highest BCUT2D eigenvalue weighted by Gasteiger charge is 2.31. The van der Waals surface area contributed by atoms with Crippen LogP contribution in [0.25, 0.3) is 11.3 Å². The number of aromatic nitrogens is 3. The minimum Gasteiger partial charge on any atom is -0.264 e. The highest BCUT2D eigenvalue weighted by molar-refractivity contribution is 7.86. The molecule has 0 fully saturated rings. The van der Waals surface area contributed by atoms with Crippen LogP contribution in [0.5, 0.6) is 0 Å². The van der Waals surface area contributed by atoms with Gasteiger partial charge in [0.05, 0.1) is 27.6 Å². The Labute approximate surface area is 108 Å². The fourth-order valence-corrected chi connectivity index (χ4v) is 3.83. The first kappa shape index (κ1) is 11.5. The Morgan fingerprint density at radius 1 is 1.44 bits per heavy atom. The number of fused-ring (bicyclic) bond motifs is 1. The first-order valence-corrected chi connectivity index (χ1v) is 7.18. The summed E-state index contributed by atoms with van der Waals surface area (Å²) in [6.45, 7) is 2.07. The van der Waals surface area contributed by atoms with Crippen LogP contribution in [0.1, 0.15) is 18.9 Å². The number of hydrogen-bond donors (Lipinski definition) is 0. The van der Waals surface area contributed by atoms with Crippen molar-refractivity contribution in [3.05, 3.63) is 36.3 Å². The van der Waals surface area contributed by atoms with Gasteiger partial charge >= 0.3 is 0 Å². The Morgan fingerprint density at radius 3 is 3.06 bits per heavy atom. The van der Waals surface area contributed by atoms with Crippen LogP contribution >= 0.6 is 0 Å². The van der Waals surface area contributed by atoms with Crippen molar-refractivity contribution in [2.24, 2.45) is 0 Å². The number of nitrogens with zero attached hydrogens (tertiary/aromatic N) is 3. The summed E-state index contributed by atoms with van der Waals surface area (Å²) in [7, 11) is -0.943. The molecule has 0 saturated heterocycles. The summed E-state index contributed by atoms with van der Waals surface area (Å²) in [4.78, 5) is 4.94. The molecule has 3 heterocycles. The molecule has 2 atom stereocenters. The van der Waals surface area contributed by atoms with E-state index in [9.17, 15) is 4.21 Å². The summed E-state index contributed by atoms with van der Waals surface area (Å²) in [6, 6.07) is 3.83. The van der Waals surface area contributed by atoms with E-state index in [4.69, 9.17) is 0 Å². The fraction of sp³-hybridized carbons (Fsp3) is 0.308. The summed E-state index contributed by atoms with van der Waals surface area (Å²) in [5.74, 6) is 0. The van der Waals surface area contributed by atoms with Crippen LogP contribution in [0.3, 0.4) is 0 Å². The zero-order chi connectivity index (χ0) is 12.5. The van der Waals surface area contributed by atoms with Gasteiger partial charge in [-0.1, -0.05) is 6.92 Å². The average Bonchev–Trinajstić information content (AvgIpc) is 2.77. The normalized spacial score (nSPS) is 21.8. The van der Waals surface area contributed by atoms with Crippen molar-refractivity contribution in [1.29, 1.82) is 0 Å². The van der Waals surface area contributed by atoms with Gasteiger partial charge in [-0.3, -0.25) is 9.19 Å². The Balaban J connectivity index is 2.14. The third-order valence-electron chi connectivity index (χ3n) is 3.26. The average molecular weight is 259 g/mol. The molecule has 18 heavy (non-hydrogen) atoms. The largest absolute Gasteiger partial charge is 0.264 e. The molecule has 0 aliphatic carbocycles. The van der Waals surface area contributed by atoms with Crippen LogP contribution in [0.2, 0.25) is 0 Å². The van der Waals surface area contributed by atoms with Gasteiger partial charge in [0, 0.05) is 23.2 Å². The molecule has 0 amide bonds. The van der Waals surface area contributed by atoms with E-state index >= 15 is 0 Å². The third kappa shape index (κ3) is 1.75. The van der Waals surface area contributed by atoms with Crippen LogP contribution in [-0.2, 0) is 17.2 Å². The molecule has 1 aliphatic rings. The van der Waals surface area contributed by atoms with Gasteiger partial charge in [0.1, 0.15) is 0 Å². The smallest absolute Gasteiger partial charge is 0.0989 e. The van der Waals surface area contributed by atoms with Crippen molar-refractivity contribution in [2.75, 3.05) is 0 Å². The van der Waals surface area contributed by atoms with Crippen molar-refractivity contribution in [2.45, 2.75) is 29.9 Å². The molecule has 3 rings (SSSR count). The SMILES string of the molecule is CCC1Cc2c(cnnc2-c2cccnc2)S1=O. The molecule has 5 heteroatoms. The van der Waals surface area contributed by atoms with E-state index in [1.165, 1.54) is 0 Å². The molecule has 2 aromatic heterocycles. The second kappa shape index (κ2) is 4.57. The lowest BCUT2D eigenvalue weighted by molar-refractivity contribution is 0.671. The van der Waals surface area contributed by atoms with E-state index in [1.54, 1.807) is 18.6 Å². The van der Waals surface area contributed by atoms with Gasteiger partial charge in [-0.25, -0.2) is 0 Å². The highest BCUT2D eigenvalue weighted by atomic mass is 32.2. The van der Waals surface area contributed by atoms with E-state index in [1.807, 2.05) is 12.1 Å².